The number of methoxy groups -OCH3 is 1. The number of carbonyl (C=O) groups excluding carboxylic acids is 2. The molecule has 0 aliphatic heterocycles. The Morgan fingerprint density at radius 1 is 1.04 bits per heavy atom. The molecule has 2 aromatic carbocycles. The van der Waals surface area contributed by atoms with Crippen LogP contribution in [0.4, 0.5) is 11.4 Å². The topological polar surface area (TPSA) is 103 Å². The maximum absolute atomic E-state index is 11.7. The van der Waals surface area contributed by atoms with Crippen molar-refractivity contribution in [2.24, 2.45) is 11.7 Å². The number of ether oxygens (including phenoxy) is 2. The summed E-state index contributed by atoms with van der Waals surface area (Å²) in [6.07, 6.45) is 0. The van der Waals surface area contributed by atoms with Crippen LogP contribution in [0.25, 0.3) is 0 Å². The molecule has 7 heteroatoms. The highest BCUT2D eigenvalue weighted by atomic mass is 16.5. The van der Waals surface area contributed by atoms with Gasteiger partial charge in [0.25, 0.3) is 5.91 Å². The van der Waals surface area contributed by atoms with Crippen LogP contribution in [0.2, 0.25) is 0 Å². The van der Waals surface area contributed by atoms with Crippen LogP contribution >= 0.6 is 0 Å². The van der Waals surface area contributed by atoms with Gasteiger partial charge in [-0.25, -0.2) is 0 Å². The summed E-state index contributed by atoms with van der Waals surface area (Å²) in [5.41, 5.74) is 7.75. The molecule has 7 nitrogen and oxygen atoms in total. The lowest BCUT2D eigenvalue weighted by molar-refractivity contribution is -0.120. The molecule has 0 aromatic heterocycles. The van der Waals surface area contributed by atoms with Gasteiger partial charge in [0.15, 0.2) is 18.1 Å². The first-order valence-electron chi connectivity index (χ1n) is 8.62. The zero-order valence-corrected chi connectivity index (χ0v) is 15.7. The van der Waals surface area contributed by atoms with Gasteiger partial charge in [-0.05, 0) is 42.0 Å². The fraction of sp³-hybridized carbons (Fsp3) is 0.300. The van der Waals surface area contributed by atoms with Gasteiger partial charge in [0, 0.05) is 23.8 Å². The summed E-state index contributed by atoms with van der Waals surface area (Å²) in [4.78, 5) is 22.5. The number of anilines is 2. The molecule has 0 fully saturated rings. The summed E-state index contributed by atoms with van der Waals surface area (Å²) in [5.74, 6) is 0.373. The van der Waals surface area contributed by atoms with Crippen LogP contribution in [-0.4, -0.2) is 25.5 Å². The first kappa shape index (κ1) is 20.1. The Labute approximate surface area is 158 Å². The summed E-state index contributed by atoms with van der Waals surface area (Å²) in [7, 11) is 1.54. The van der Waals surface area contributed by atoms with Crippen molar-refractivity contribution in [3.63, 3.8) is 0 Å². The number of hydrogen-bond acceptors (Lipinski definition) is 5. The van der Waals surface area contributed by atoms with Crippen molar-refractivity contribution in [2.45, 2.75) is 20.4 Å². The summed E-state index contributed by atoms with van der Waals surface area (Å²) in [6.45, 7) is 4.07. The number of nitrogens with two attached hydrogens (primary N) is 1. The molecule has 2 aromatic rings. The molecular formula is C20H25N3O4. The molecule has 144 valence electrons. The van der Waals surface area contributed by atoms with E-state index in [0.29, 0.717) is 18.0 Å². The van der Waals surface area contributed by atoms with Crippen LogP contribution in [0.1, 0.15) is 19.4 Å². The molecule has 2 rings (SSSR count). The molecule has 0 aliphatic rings. The highest BCUT2D eigenvalue weighted by molar-refractivity contribution is 5.92. The largest absolute Gasteiger partial charge is 0.493 e. The Morgan fingerprint density at radius 2 is 1.70 bits per heavy atom. The van der Waals surface area contributed by atoms with Crippen molar-refractivity contribution in [1.29, 1.82) is 0 Å². The zero-order chi connectivity index (χ0) is 19.8. The number of amides is 2. The lowest BCUT2D eigenvalue weighted by atomic mass is 10.2. The third-order valence-corrected chi connectivity index (χ3v) is 3.77. The fourth-order valence-corrected chi connectivity index (χ4v) is 2.25. The van der Waals surface area contributed by atoms with Gasteiger partial charge in [-0.3, -0.25) is 9.59 Å². The summed E-state index contributed by atoms with van der Waals surface area (Å²) < 4.78 is 10.6. The second kappa shape index (κ2) is 9.47. The van der Waals surface area contributed by atoms with E-state index in [2.05, 4.69) is 10.6 Å². The van der Waals surface area contributed by atoms with Crippen molar-refractivity contribution in [3.8, 4) is 11.5 Å². The first-order valence-corrected chi connectivity index (χ1v) is 8.62. The maximum Gasteiger partial charge on any atom is 0.255 e. The van der Waals surface area contributed by atoms with Crippen molar-refractivity contribution in [1.82, 2.24) is 0 Å². The first-order chi connectivity index (χ1) is 12.9. The molecule has 0 saturated carbocycles. The second-order valence-electron chi connectivity index (χ2n) is 6.32. The number of benzene rings is 2. The van der Waals surface area contributed by atoms with Crippen LogP contribution in [-0.2, 0) is 16.1 Å². The van der Waals surface area contributed by atoms with Gasteiger partial charge < -0.3 is 25.8 Å². The van der Waals surface area contributed by atoms with E-state index in [9.17, 15) is 9.59 Å². The molecule has 0 bridgehead atoms. The Kier molecular flexibility index (Phi) is 7.05. The number of primary amides is 1. The molecule has 4 N–H and O–H groups in total. The summed E-state index contributed by atoms with van der Waals surface area (Å²) >= 11 is 0. The highest BCUT2D eigenvalue weighted by Crippen LogP contribution is 2.28. The average Bonchev–Trinajstić information content (AvgIpc) is 2.65. The second-order valence-corrected chi connectivity index (χ2v) is 6.32. The van der Waals surface area contributed by atoms with Gasteiger partial charge in [0.2, 0.25) is 5.91 Å². The Hall–Kier alpha value is -3.22. The predicted molar refractivity (Wildman–Crippen MR) is 105 cm³/mol. The SMILES string of the molecule is COc1cc(CNc2ccc(NC(=O)C(C)C)cc2)ccc1OCC(N)=O. The minimum atomic E-state index is -0.546. The molecule has 0 saturated heterocycles. The van der Waals surface area contributed by atoms with E-state index in [0.717, 1.165) is 16.9 Å². The smallest absolute Gasteiger partial charge is 0.255 e. The molecule has 0 spiro atoms. The molecule has 0 radical (unpaired) electrons. The van der Waals surface area contributed by atoms with Gasteiger partial charge in [0.1, 0.15) is 0 Å². The summed E-state index contributed by atoms with van der Waals surface area (Å²) in [5, 5.41) is 6.16. The highest BCUT2D eigenvalue weighted by Gasteiger charge is 2.08. The molecule has 0 unspecified atom stereocenters. The molecule has 2 amide bonds. The van der Waals surface area contributed by atoms with Crippen molar-refractivity contribution >= 4 is 23.2 Å². The van der Waals surface area contributed by atoms with Crippen molar-refractivity contribution in [3.05, 3.63) is 48.0 Å². The van der Waals surface area contributed by atoms with E-state index in [1.54, 1.807) is 6.07 Å². The number of nitrogens with one attached hydrogen (secondary N) is 2. The van der Waals surface area contributed by atoms with Crippen LogP contribution < -0.4 is 25.8 Å². The monoisotopic (exact) mass is 371 g/mol. The number of carbonyl (C=O) groups is 2. The normalized spacial score (nSPS) is 10.4. The quantitative estimate of drug-likeness (QED) is 0.629. The van der Waals surface area contributed by atoms with Crippen LogP contribution in [0, 0.1) is 5.92 Å². The van der Waals surface area contributed by atoms with Crippen LogP contribution in [0.15, 0.2) is 42.5 Å². The maximum atomic E-state index is 11.7. The van der Waals surface area contributed by atoms with E-state index in [1.165, 1.54) is 7.11 Å². The summed E-state index contributed by atoms with van der Waals surface area (Å²) in [6, 6.07) is 13.0. The molecule has 0 heterocycles. The van der Waals surface area contributed by atoms with Crippen molar-refractivity contribution < 1.29 is 19.1 Å². The van der Waals surface area contributed by atoms with Gasteiger partial charge >= 0.3 is 0 Å². The zero-order valence-electron chi connectivity index (χ0n) is 15.7. The van der Waals surface area contributed by atoms with E-state index >= 15 is 0 Å². The lowest BCUT2D eigenvalue weighted by Crippen LogP contribution is -2.20. The van der Waals surface area contributed by atoms with Crippen LogP contribution in [0.3, 0.4) is 0 Å². The minimum absolute atomic E-state index is 0.0125. The van der Waals surface area contributed by atoms with Gasteiger partial charge in [0.05, 0.1) is 7.11 Å². The molecule has 0 aliphatic carbocycles. The third kappa shape index (κ3) is 6.22. The van der Waals surface area contributed by atoms with Gasteiger partial charge in [-0.1, -0.05) is 19.9 Å². The van der Waals surface area contributed by atoms with E-state index in [-0.39, 0.29) is 18.4 Å². The van der Waals surface area contributed by atoms with E-state index < -0.39 is 5.91 Å². The average molecular weight is 371 g/mol. The van der Waals surface area contributed by atoms with Crippen LogP contribution in [0.5, 0.6) is 11.5 Å². The minimum Gasteiger partial charge on any atom is -0.493 e. The number of rotatable bonds is 9. The van der Waals surface area contributed by atoms with Gasteiger partial charge in [-0.2, -0.15) is 0 Å². The van der Waals surface area contributed by atoms with Gasteiger partial charge in [-0.15, -0.1) is 0 Å². The van der Waals surface area contributed by atoms with Crippen molar-refractivity contribution in [2.75, 3.05) is 24.4 Å². The van der Waals surface area contributed by atoms with E-state index in [4.69, 9.17) is 15.2 Å². The Bertz CT molecular complexity index is 788. The Morgan fingerprint density at radius 3 is 2.30 bits per heavy atom. The Balaban J connectivity index is 1.95. The predicted octanol–water partition coefficient (Wildman–Crippen LogP) is 2.77. The standard InChI is InChI=1S/C20H25N3O4/c1-13(2)20(25)23-16-7-5-15(6-8-16)22-11-14-4-9-17(18(10-14)26-3)27-12-19(21)24/h4-10,13,22H,11-12H2,1-3H3,(H2,21,24)(H,23,25). The fourth-order valence-electron chi connectivity index (χ4n) is 2.25. The van der Waals surface area contributed by atoms with E-state index in [1.807, 2.05) is 50.2 Å². The molecule has 27 heavy (non-hydrogen) atoms. The lowest BCUT2D eigenvalue weighted by Gasteiger charge is -2.13. The molecular weight excluding hydrogens is 346 g/mol. The molecule has 0 atom stereocenters. The third-order valence-electron chi connectivity index (χ3n) is 3.77. The number of hydrogen-bond donors (Lipinski definition) is 3.